The quantitative estimate of drug-likeness (QED) is 0.661. The first-order chi connectivity index (χ1) is 7.18. The van der Waals surface area contributed by atoms with Gasteiger partial charge in [-0.3, -0.25) is 0 Å². The summed E-state index contributed by atoms with van der Waals surface area (Å²) in [5.41, 5.74) is 0. The third kappa shape index (κ3) is 6.05. The van der Waals surface area contributed by atoms with Crippen molar-refractivity contribution in [2.75, 3.05) is 26.7 Å². The number of nitrogens with zero attached hydrogens (tertiary/aromatic N) is 1. The van der Waals surface area contributed by atoms with Crippen LogP contribution in [0.15, 0.2) is 0 Å². The van der Waals surface area contributed by atoms with E-state index in [1.54, 1.807) is 11.9 Å². The first-order valence-electron chi connectivity index (χ1n) is 5.88. The predicted octanol–water partition coefficient (Wildman–Crippen LogP) is 2.11. The van der Waals surface area contributed by atoms with Crippen LogP contribution in [0.4, 0.5) is 8.78 Å². The highest BCUT2D eigenvalue weighted by Crippen LogP contribution is 2.17. The van der Waals surface area contributed by atoms with Gasteiger partial charge < -0.3 is 10.2 Å². The fourth-order valence-electron chi connectivity index (χ4n) is 2.11. The maximum atomic E-state index is 12.0. The molecule has 1 aliphatic rings. The van der Waals surface area contributed by atoms with E-state index in [1.165, 1.54) is 25.7 Å². The Kier molecular flexibility index (Phi) is 6.10. The van der Waals surface area contributed by atoms with Gasteiger partial charge in [-0.25, -0.2) is 8.78 Å². The van der Waals surface area contributed by atoms with Crippen LogP contribution in [-0.4, -0.2) is 44.0 Å². The van der Waals surface area contributed by atoms with E-state index in [-0.39, 0.29) is 6.54 Å². The number of hydrogen-bond acceptors (Lipinski definition) is 2. The third-order valence-electron chi connectivity index (χ3n) is 2.95. The van der Waals surface area contributed by atoms with Gasteiger partial charge in [0.25, 0.3) is 6.43 Å². The van der Waals surface area contributed by atoms with E-state index in [0.29, 0.717) is 6.04 Å². The number of nitrogens with one attached hydrogen (secondary N) is 1. The molecule has 0 heterocycles. The van der Waals surface area contributed by atoms with Crippen LogP contribution < -0.4 is 5.32 Å². The molecule has 1 rings (SSSR count). The predicted molar refractivity (Wildman–Crippen MR) is 58.4 cm³/mol. The van der Waals surface area contributed by atoms with Crippen molar-refractivity contribution in [2.24, 2.45) is 0 Å². The first kappa shape index (κ1) is 12.8. The Labute approximate surface area is 91.0 Å². The lowest BCUT2D eigenvalue weighted by molar-refractivity contribution is 0.0998. The van der Waals surface area contributed by atoms with Crippen LogP contribution in [0.1, 0.15) is 32.1 Å². The lowest BCUT2D eigenvalue weighted by atomic mass is 10.2. The van der Waals surface area contributed by atoms with Gasteiger partial charge in [0.1, 0.15) is 0 Å². The molecular formula is C11H22F2N2. The molecule has 0 aromatic carbocycles. The van der Waals surface area contributed by atoms with Crippen molar-refractivity contribution in [2.45, 2.75) is 44.6 Å². The molecule has 15 heavy (non-hydrogen) atoms. The lowest BCUT2D eigenvalue weighted by Gasteiger charge is -2.17. The summed E-state index contributed by atoms with van der Waals surface area (Å²) in [6.45, 7) is 1.60. The molecule has 2 nitrogen and oxygen atoms in total. The van der Waals surface area contributed by atoms with E-state index in [2.05, 4.69) is 5.32 Å². The first-order valence-corrected chi connectivity index (χ1v) is 5.88. The molecule has 1 aliphatic carbocycles. The standard InChI is InChI=1S/C11H22F2N2/c1-15(9-11(12)13)8-4-7-14-10-5-2-3-6-10/h10-11,14H,2-9H2,1H3. The average Bonchev–Trinajstić information content (AvgIpc) is 2.63. The number of halogens is 2. The summed E-state index contributed by atoms with van der Waals surface area (Å²) in [6.07, 6.45) is 3.99. The molecule has 4 heteroatoms. The van der Waals surface area contributed by atoms with Crippen molar-refractivity contribution in [1.29, 1.82) is 0 Å². The largest absolute Gasteiger partial charge is 0.314 e. The molecule has 1 saturated carbocycles. The van der Waals surface area contributed by atoms with Crippen molar-refractivity contribution in [3.8, 4) is 0 Å². The monoisotopic (exact) mass is 220 g/mol. The minimum absolute atomic E-state index is 0.108. The summed E-state index contributed by atoms with van der Waals surface area (Å²) >= 11 is 0. The molecule has 0 unspecified atom stereocenters. The summed E-state index contributed by atoms with van der Waals surface area (Å²) in [5.74, 6) is 0. The van der Waals surface area contributed by atoms with Gasteiger partial charge in [0.2, 0.25) is 0 Å². The van der Waals surface area contributed by atoms with Crippen LogP contribution in [0.5, 0.6) is 0 Å². The van der Waals surface area contributed by atoms with Crippen LogP contribution in [0.25, 0.3) is 0 Å². The highest BCUT2D eigenvalue weighted by Gasteiger charge is 2.13. The van der Waals surface area contributed by atoms with E-state index < -0.39 is 6.43 Å². The fourth-order valence-corrected chi connectivity index (χ4v) is 2.11. The molecule has 0 bridgehead atoms. The summed E-state index contributed by atoms with van der Waals surface area (Å²) in [4.78, 5) is 1.70. The molecular weight excluding hydrogens is 198 g/mol. The second kappa shape index (κ2) is 7.12. The zero-order chi connectivity index (χ0) is 11.1. The molecule has 0 aliphatic heterocycles. The maximum absolute atomic E-state index is 12.0. The number of rotatable bonds is 7. The van der Waals surface area contributed by atoms with Gasteiger partial charge >= 0.3 is 0 Å². The fraction of sp³-hybridized carbons (Fsp3) is 1.00. The minimum Gasteiger partial charge on any atom is -0.314 e. The molecule has 0 radical (unpaired) electrons. The summed E-state index contributed by atoms with van der Waals surface area (Å²) in [7, 11) is 1.75. The zero-order valence-electron chi connectivity index (χ0n) is 9.51. The molecule has 0 amide bonds. The normalized spacial score (nSPS) is 18.2. The van der Waals surface area contributed by atoms with Gasteiger partial charge in [-0.15, -0.1) is 0 Å². The molecule has 0 spiro atoms. The van der Waals surface area contributed by atoms with Crippen LogP contribution in [0, 0.1) is 0 Å². The van der Waals surface area contributed by atoms with E-state index in [0.717, 1.165) is 19.5 Å². The van der Waals surface area contributed by atoms with Crippen molar-refractivity contribution in [3.63, 3.8) is 0 Å². The maximum Gasteiger partial charge on any atom is 0.251 e. The van der Waals surface area contributed by atoms with Gasteiger partial charge in [0.15, 0.2) is 0 Å². The van der Waals surface area contributed by atoms with Crippen molar-refractivity contribution in [1.82, 2.24) is 10.2 Å². The molecule has 1 fully saturated rings. The van der Waals surface area contributed by atoms with E-state index >= 15 is 0 Å². The smallest absolute Gasteiger partial charge is 0.251 e. The van der Waals surface area contributed by atoms with Gasteiger partial charge in [-0.2, -0.15) is 0 Å². The average molecular weight is 220 g/mol. The SMILES string of the molecule is CN(CCCNC1CCCC1)CC(F)F. The van der Waals surface area contributed by atoms with Crippen LogP contribution in [0.3, 0.4) is 0 Å². The Morgan fingerprint density at radius 1 is 1.33 bits per heavy atom. The van der Waals surface area contributed by atoms with Gasteiger partial charge in [-0.1, -0.05) is 12.8 Å². The number of alkyl halides is 2. The van der Waals surface area contributed by atoms with Crippen molar-refractivity contribution < 1.29 is 8.78 Å². The Morgan fingerprint density at radius 2 is 2.00 bits per heavy atom. The van der Waals surface area contributed by atoms with E-state index in [9.17, 15) is 8.78 Å². The molecule has 0 atom stereocenters. The van der Waals surface area contributed by atoms with Gasteiger partial charge in [-0.05, 0) is 39.4 Å². The van der Waals surface area contributed by atoms with E-state index in [4.69, 9.17) is 0 Å². The van der Waals surface area contributed by atoms with Gasteiger partial charge in [0.05, 0.1) is 6.54 Å². The number of hydrogen-bond donors (Lipinski definition) is 1. The Morgan fingerprint density at radius 3 is 2.60 bits per heavy atom. The highest BCUT2D eigenvalue weighted by atomic mass is 19.3. The summed E-state index contributed by atoms with van der Waals surface area (Å²) in [5, 5.41) is 3.48. The van der Waals surface area contributed by atoms with E-state index in [1.807, 2.05) is 0 Å². The van der Waals surface area contributed by atoms with Crippen LogP contribution in [-0.2, 0) is 0 Å². The van der Waals surface area contributed by atoms with Gasteiger partial charge in [0, 0.05) is 6.04 Å². The molecule has 0 aromatic rings. The van der Waals surface area contributed by atoms with Crippen LogP contribution in [0.2, 0.25) is 0 Å². The van der Waals surface area contributed by atoms with Crippen molar-refractivity contribution >= 4 is 0 Å². The molecule has 0 saturated heterocycles. The summed E-state index contributed by atoms with van der Waals surface area (Å²) in [6, 6.07) is 0.686. The summed E-state index contributed by atoms with van der Waals surface area (Å²) < 4.78 is 24.0. The second-order valence-electron chi connectivity index (χ2n) is 4.44. The lowest BCUT2D eigenvalue weighted by Crippen LogP contribution is -2.31. The zero-order valence-corrected chi connectivity index (χ0v) is 9.51. The Hall–Kier alpha value is -0.220. The minimum atomic E-state index is -2.21. The Balaban J connectivity index is 1.91. The Bertz CT molecular complexity index is 159. The van der Waals surface area contributed by atoms with Crippen molar-refractivity contribution in [3.05, 3.63) is 0 Å². The molecule has 0 aromatic heterocycles. The highest BCUT2D eigenvalue weighted by molar-refractivity contribution is 4.73. The second-order valence-corrected chi connectivity index (χ2v) is 4.44. The third-order valence-corrected chi connectivity index (χ3v) is 2.95. The molecule has 1 N–H and O–H groups in total. The molecule has 90 valence electrons. The van der Waals surface area contributed by atoms with Crippen LogP contribution >= 0.6 is 0 Å². The topological polar surface area (TPSA) is 15.3 Å².